The highest BCUT2D eigenvalue weighted by Crippen LogP contribution is 2.41. The molecule has 0 heterocycles. The molecule has 0 aromatic heterocycles. The first-order valence-electron chi connectivity index (χ1n) is 10.1. The SMILES string of the molecule is CC1CC(C)C(C)C(C)C1C.CC1CCC(C)C(C(C)C)C1. The van der Waals surface area contributed by atoms with E-state index in [1.165, 1.54) is 25.7 Å². The predicted octanol–water partition coefficient (Wildman–Crippen LogP) is 7.29. The first-order chi connectivity index (χ1) is 10.1. The largest absolute Gasteiger partial charge is 0.0625 e. The molecule has 0 heteroatoms. The molecule has 0 N–H and O–H groups in total. The van der Waals surface area contributed by atoms with Crippen molar-refractivity contribution in [2.24, 2.45) is 53.3 Å². The van der Waals surface area contributed by atoms with Gasteiger partial charge in [0.2, 0.25) is 0 Å². The first-order valence-corrected chi connectivity index (χ1v) is 10.1. The summed E-state index contributed by atoms with van der Waals surface area (Å²) in [6.45, 7) is 21.6. The Morgan fingerprint density at radius 2 is 1.09 bits per heavy atom. The molecule has 132 valence electrons. The molecule has 2 aliphatic rings. The van der Waals surface area contributed by atoms with Gasteiger partial charge < -0.3 is 0 Å². The van der Waals surface area contributed by atoms with Crippen molar-refractivity contribution in [3.05, 3.63) is 0 Å². The van der Waals surface area contributed by atoms with Crippen LogP contribution in [0.5, 0.6) is 0 Å². The summed E-state index contributed by atoms with van der Waals surface area (Å²) in [4.78, 5) is 0. The molecule has 22 heavy (non-hydrogen) atoms. The van der Waals surface area contributed by atoms with E-state index in [2.05, 4.69) is 62.3 Å². The van der Waals surface area contributed by atoms with Crippen LogP contribution in [0.4, 0.5) is 0 Å². The summed E-state index contributed by atoms with van der Waals surface area (Å²) in [7, 11) is 0. The molecule has 0 aromatic rings. The van der Waals surface area contributed by atoms with Crippen molar-refractivity contribution in [1.82, 2.24) is 0 Å². The Hall–Kier alpha value is 0. The maximum atomic E-state index is 2.43. The minimum Gasteiger partial charge on any atom is -0.0625 e. The van der Waals surface area contributed by atoms with E-state index in [-0.39, 0.29) is 0 Å². The van der Waals surface area contributed by atoms with Gasteiger partial charge in [-0.1, -0.05) is 75.2 Å². The second-order valence-electron chi connectivity index (χ2n) is 9.57. The lowest BCUT2D eigenvalue weighted by atomic mass is 9.65. The number of rotatable bonds is 1. The van der Waals surface area contributed by atoms with Gasteiger partial charge >= 0.3 is 0 Å². The average Bonchev–Trinajstić information content (AvgIpc) is 2.46. The van der Waals surface area contributed by atoms with Crippen LogP contribution in [0, 0.1) is 53.3 Å². The summed E-state index contributed by atoms with van der Waals surface area (Å²) in [5, 5.41) is 0. The third kappa shape index (κ3) is 5.27. The third-order valence-electron chi connectivity index (χ3n) is 7.57. The zero-order valence-electron chi connectivity index (χ0n) is 17.0. The first kappa shape index (κ1) is 20.0. The lowest BCUT2D eigenvalue weighted by Crippen LogP contribution is -2.33. The average molecular weight is 309 g/mol. The van der Waals surface area contributed by atoms with Crippen LogP contribution >= 0.6 is 0 Å². The van der Waals surface area contributed by atoms with Crippen LogP contribution in [-0.4, -0.2) is 0 Å². The summed E-state index contributed by atoms with van der Waals surface area (Å²) < 4.78 is 0. The van der Waals surface area contributed by atoms with E-state index in [0.29, 0.717) is 0 Å². The second kappa shape index (κ2) is 8.74. The van der Waals surface area contributed by atoms with Crippen molar-refractivity contribution in [2.45, 2.75) is 88.0 Å². The molecule has 2 fully saturated rings. The second-order valence-corrected chi connectivity index (χ2v) is 9.57. The number of hydrogen-bond acceptors (Lipinski definition) is 0. The quantitative estimate of drug-likeness (QED) is 0.477. The molecule has 0 bridgehead atoms. The van der Waals surface area contributed by atoms with Gasteiger partial charge in [-0.15, -0.1) is 0 Å². The van der Waals surface area contributed by atoms with Crippen molar-refractivity contribution in [3.63, 3.8) is 0 Å². The van der Waals surface area contributed by atoms with E-state index >= 15 is 0 Å². The van der Waals surface area contributed by atoms with Crippen LogP contribution in [0.25, 0.3) is 0 Å². The third-order valence-corrected chi connectivity index (χ3v) is 7.57. The van der Waals surface area contributed by atoms with Gasteiger partial charge in [0.1, 0.15) is 0 Å². The van der Waals surface area contributed by atoms with Crippen molar-refractivity contribution < 1.29 is 0 Å². The van der Waals surface area contributed by atoms with Gasteiger partial charge in [0, 0.05) is 0 Å². The van der Waals surface area contributed by atoms with Crippen LogP contribution in [0.15, 0.2) is 0 Å². The minimum atomic E-state index is 0.896. The Kier molecular flexibility index (Phi) is 7.96. The molecular weight excluding hydrogens is 264 g/mol. The monoisotopic (exact) mass is 308 g/mol. The van der Waals surface area contributed by atoms with E-state index in [1.54, 1.807) is 0 Å². The summed E-state index contributed by atoms with van der Waals surface area (Å²) in [6, 6.07) is 0. The summed E-state index contributed by atoms with van der Waals surface area (Å²) in [5.41, 5.74) is 0. The van der Waals surface area contributed by atoms with Crippen LogP contribution < -0.4 is 0 Å². The highest BCUT2D eigenvalue weighted by Gasteiger charge is 2.33. The van der Waals surface area contributed by atoms with Crippen LogP contribution in [-0.2, 0) is 0 Å². The van der Waals surface area contributed by atoms with Crippen LogP contribution in [0.2, 0.25) is 0 Å². The summed E-state index contributed by atoms with van der Waals surface area (Å²) in [5.74, 6) is 8.53. The van der Waals surface area contributed by atoms with E-state index in [1.807, 2.05) is 0 Å². The fourth-order valence-corrected chi connectivity index (χ4v) is 5.04. The maximum absolute atomic E-state index is 2.43. The molecule has 0 amide bonds. The Morgan fingerprint density at radius 3 is 1.50 bits per heavy atom. The molecule has 2 aliphatic carbocycles. The van der Waals surface area contributed by atoms with Gasteiger partial charge in [0.15, 0.2) is 0 Å². The lowest BCUT2D eigenvalue weighted by Gasteiger charge is -2.41. The van der Waals surface area contributed by atoms with Crippen LogP contribution in [0.3, 0.4) is 0 Å². The smallest absolute Gasteiger partial charge is 0.0363 e. The molecule has 0 saturated heterocycles. The van der Waals surface area contributed by atoms with Gasteiger partial charge in [-0.25, -0.2) is 0 Å². The number of hydrogen-bond donors (Lipinski definition) is 0. The molecule has 0 aromatic carbocycles. The fraction of sp³-hybridized carbons (Fsp3) is 1.00. The molecule has 7 atom stereocenters. The minimum absolute atomic E-state index is 0.896. The molecule has 0 nitrogen and oxygen atoms in total. The van der Waals surface area contributed by atoms with Gasteiger partial charge in [0.05, 0.1) is 0 Å². The molecule has 0 aliphatic heterocycles. The molecule has 0 radical (unpaired) electrons. The zero-order valence-corrected chi connectivity index (χ0v) is 17.0. The van der Waals surface area contributed by atoms with Gasteiger partial charge in [-0.3, -0.25) is 0 Å². The Labute approximate surface area is 141 Å². The van der Waals surface area contributed by atoms with Gasteiger partial charge in [0.25, 0.3) is 0 Å². The Balaban J connectivity index is 0.000000220. The van der Waals surface area contributed by atoms with Crippen molar-refractivity contribution in [2.75, 3.05) is 0 Å². The normalized spacial score (nSPS) is 46.1. The maximum Gasteiger partial charge on any atom is -0.0363 e. The topological polar surface area (TPSA) is 0 Å². The standard InChI is InChI=1S/2C11H22/c1-7-6-8(2)10(4)11(5)9(7)3;1-8(2)11-7-9(3)5-6-10(11)4/h7-11H,6H2,1-5H3;8-11H,5-7H2,1-4H3. The van der Waals surface area contributed by atoms with E-state index in [4.69, 9.17) is 0 Å². The van der Waals surface area contributed by atoms with Crippen LogP contribution in [0.1, 0.15) is 88.0 Å². The Bertz CT molecular complexity index is 291. The van der Waals surface area contributed by atoms with E-state index in [0.717, 1.165) is 53.3 Å². The van der Waals surface area contributed by atoms with Crippen molar-refractivity contribution >= 4 is 0 Å². The fourth-order valence-electron chi connectivity index (χ4n) is 5.04. The molecule has 2 saturated carbocycles. The lowest BCUT2D eigenvalue weighted by molar-refractivity contribution is 0.0855. The molecule has 2 rings (SSSR count). The summed E-state index contributed by atoms with van der Waals surface area (Å²) >= 11 is 0. The summed E-state index contributed by atoms with van der Waals surface area (Å²) in [6.07, 6.45) is 5.83. The van der Waals surface area contributed by atoms with Gasteiger partial charge in [-0.05, 0) is 66.1 Å². The highest BCUT2D eigenvalue weighted by molar-refractivity contribution is 4.82. The molecular formula is C22H44. The Morgan fingerprint density at radius 1 is 0.591 bits per heavy atom. The molecule has 0 spiro atoms. The highest BCUT2D eigenvalue weighted by atomic mass is 14.4. The van der Waals surface area contributed by atoms with E-state index in [9.17, 15) is 0 Å². The van der Waals surface area contributed by atoms with Crippen molar-refractivity contribution in [3.8, 4) is 0 Å². The van der Waals surface area contributed by atoms with Crippen molar-refractivity contribution in [1.29, 1.82) is 0 Å². The molecule has 7 unspecified atom stereocenters. The van der Waals surface area contributed by atoms with Gasteiger partial charge in [-0.2, -0.15) is 0 Å². The zero-order chi connectivity index (χ0) is 17.0. The van der Waals surface area contributed by atoms with E-state index < -0.39 is 0 Å². The predicted molar refractivity (Wildman–Crippen MR) is 101 cm³/mol.